The van der Waals surface area contributed by atoms with Gasteiger partial charge in [-0.2, -0.15) is 0 Å². The van der Waals surface area contributed by atoms with Crippen LogP contribution in [0.25, 0.3) is 0 Å². The van der Waals surface area contributed by atoms with Crippen LogP contribution in [-0.2, 0) is 22.7 Å². The highest BCUT2D eigenvalue weighted by Crippen LogP contribution is 2.24. The van der Waals surface area contributed by atoms with Crippen LogP contribution in [0.5, 0.6) is 0 Å². The summed E-state index contributed by atoms with van der Waals surface area (Å²) in [5.74, 6) is 0.826. The highest BCUT2D eigenvalue weighted by Gasteiger charge is 2.16. The van der Waals surface area contributed by atoms with Crippen LogP contribution in [0.2, 0.25) is 0 Å². The highest BCUT2D eigenvalue weighted by molar-refractivity contribution is 7.99. The summed E-state index contributed by atoms with van der Waals surface area (Å²) in [6.07, 6.45) is 1.91. The van der Waals surface area contributed by atoms with Gasteiger partial charge < -0.3 is 14.6 Å². The SMILES string of the molecule is C=CCn1c(COC)nnc1SCCC(=O)Nc1ccccc1[N+](=O)[O-]. The van der Waals surface area contributed by atoms with Gasteiger partial charge in [0.2, 0.25) is 5.91 Å². The third-order valence-electron chi connectivity index (χ3n) is 3.31. The number of anilines is 1. The maximum atomic E-state index is 12.1. The molecule has 0 fully saturated rings. The lowest BCUT2D eigenvalue weighted by molar-refractivity contribution is -0.383. The molecule has 1 N–H and O–H groups in total. The molecule has 138 valence electrons. The number of carbonyl (C=O) groups excluding carboxylic acids is 1. The number of hydrogen-bond acceptors (Lipinski definition) is 7. The van der Waals surface area contributed by atoms with E-state index >= 15 is 0 Å². The number of methoxy groups -OCH3 is 1. The van der Waals surface area contributed by atoms with Crippen molar-refractivity contribution in [2.45, 2.75) is 24.7 Å². The lowest BCUT2D eigenvalue weighted by atomic mass is 10.2. The van der Waals surface area contributed by atoms with Crippen molar-refractivity contribution in [3.63, 3.8) is 0 Å². The number of para-hydroxylation sites is 2. The third kappa shape index (κ3) is 5.14. The molecule has 9 nitrogen and oxygen atoms in total. The minimum absolute atomic E-state index is 0.136. The number of ether oxygens (including phenoxy) is 1. The molecule has 10 heteroatoms. The van der Waals surface area contributed by atoms with Crippen molar-refractivity contribution >= 4 is 29.0 Å². The second-order valence-electron chi connectivity index (χ2n) is 5.15. The first-order valence-electron chi connectivity index (χ1n) is 7.74. The molecule has 0 aliphatic heterocycles. The van der Waals surface area contributed by atoms with Crippen LogP contribution in [0.4, 0.5) is 11.4 Å². The summed E-state index contributed by atoms with van der Waals surface area (Å²) in [6, 6.07) is 6.03. The fourth-order valence-corrected chi connectivity index (χ4v) is 3.06. The van der Waals surface area contributed by atoms with Crippen LogP contribution in [0.15, 0.2) is 42.1 Å². The first-order valence-corrected chi connectivity index (χ1v) is 8.73. The van der Waals surface area contributed by atoms with Gasteiger partial charge >= 0.3 is 0 Å². The molecule has 26 heavy (non-hydrogen) atoms. The van der Waals surface area contributed by atoms with Gasteiger partial charge in [0.15, 0.2) is 11.0 Å². The van der Waals surface area contributed by atoms with Crippen molar-refractivity contribution < 1.29 is 14.5 Å². The molecule has 1 aromatic heterocycles. The van der Waals surface area contributed by atoms with E-state index in [0.717, 1.165) is 0 Å². The number of thioether (sulfide) groups is 1. The van der Waals surface area contributed by atoms with Gasteiger partial charge in [0, 0.05) is 31.9 Å². The van der Waals surface area contributed by atoms with Crippen LogP contribution in [0, 0.1) is 10.1 Å². The average molecular weight is 377 g/mol. The zero-order valence-electron chi connectivity index (χ0n) is 14.3. The summed E-state index contributed by atoms with van der Waals surface area (Å²) >= 11 is 1.37. The Labute approximate surface area is 154 Å². The Balaban J connectivity index is 1.93. The fraction of sp³-hybridized carbons (Fsp3) is 0.312. The van der Waals surface area contributed by atoms with Crippen molar-refractivity contribution in [3.8, 4) is 0 Å². The second-order valence-corrected chi connectivity index (χ2v) is 6.21. The van der Waals surface area contributed by atoms with Gasteiger partial charge in [0.05, 0.1) is 4.92 Å². The van der Waals surface area contributed by atoms with E-state index in [1.807, 2.05) is 4.57 Å². The highest BCUT2D eigenvalue weighted by atomic mass is 32.2. The maximum absolute atomic E-state index is 12.1. The molecule has 0 aliphatic carbocycles. The molecule has 2 aromatic rings. The predicted molar refractivity (Wildman–Crippen MR) is 98.0 cm³/mol. The lowest BCUT2D eigenvalue weighted by Gasteiger charge is -2.07. The Morgan fingerprint density at radius 3 is 2.92 bits per heavy atom. The van der Waals surface area contributed by atoms with Crippen molar-refractivity contribution in [1.29, 1.82) is 0 Å². The smallest absolute Gasteiger partial charge is 0.292 e. The molecule has 0 aliphatic rings. The van der Waals surface area contributed by atoms with E-state index in [2.05, 4.69) is 22.1 Å². The van der Waals surface area contributed by atoms with Gasteiger partial charge in [-0.25, -0.2) is 0 Å². The number of rotatable bonds is 10. The predicted octanol–water partition coefficient (Wildman–Crippen LogP) is 2.64. The molecular formula is C16H19N5O4S. The normalized spacial score (nSPS) is 10.5. The molecule has 1 aromatic carbocycles. The Hall–Kier alpha value is -2.72. The van der Waals surface area contributed by atoms with Crippen LogP contribution < -0.4 is 5.32 Å². The molecule has 0 bridgehead atoms. The first kappa shape index (κ1) is 19.6. The topological polar surface area (TPSA) is 112 Å². The van der Waals surface area contributed by atoms with Crippen LogP contribution in [0.3, 0.4) is 0 Å². The van der Waals surface area contributed by atoms with E-state index in [0.29, 0.717) is 29.9 Å². The number of hydrogen-bond donors (Lipinski definition) is 1. The monoisotopic (exact) mass is 377 g/mol. The van der Waals surface area contributed by atoms with Crippen molar-refractivity contribution in [2.75, 3.05) is 18.2 Å². The standard InChI is InChI=1S/C16H19N5O4S/c1-3-9-20-14(11-25-2)18-19-16(20)26-10-8-15(22)17-12-6-4-5-7-13(12)21(23)24/h3-7H,1,8-11H2,2H3,(H,17,22). The summed E-state index contributed by atoms with van der Waals surface area (Å²) in [5.41, 5.74) is 0.0492. The maximum Gasteiger partial charge on any atom is 0.292 e. The summed E-state index contributed by atoms with van der Waals surface area (Å²) in [6.45, 7) is 4.58. The minimum Gasteiger partial charge on any atom is -0.377 e. The Kier molecular flexibility index (Phi) is 7.30. The molecule has 0 saturated heterocycles. The number of benzene rings is 1. The number of nitrogens with zero attached hydrogens (tertiary/aromatic N) is 4. The van der Waals surface area contributed by atoms with E-state index in [9.17, 15) is 14.9 Å². The number of nitro groups is 1. The summed E-state index contributed by atoms with van der Waals surface area (Å²) < 4.78 is 6.94. The van der Waals surface area contributed by atoms with Crippen LogP contribution in [-0.4, -0.2) is 38.5 Å². The quantitative estimate of drug-likeness (QED) is 0.293. The number of allylic oxidation sites excluding steroid dienone is 1. The Morgan fingerprint density at radius 2 is 2.23 bits per heavy atom. The number of amides is 1. The lowest BCUT2D eigenvalue weighted by Crippen LogP contribution is -2.13. The van der Waals surface area contributed by atoms with Crippen LogP contribution >= 0.6 is 11.8 Å². The third-order valence-corrected chi connectivity index (χ3v) is 4.28. The van der Waals surface area contributed by atoms with Gasteiger partial charge in [-0.15, -0.1) is 16.8 Å². The number of nitrogens with one attached hydrogen (secondary N) is 1. The van der Waals surface area contributed by atoms with Gasteiger partial charge in [-0.1, -0.05) is 30.0 Å². The zero-order chi connectivity index (χ0) is 18.9. The Bertz CT molecular complexity index is 793. The summed E-state index contributed by atoms with van der Waals surface area (Å²) in [7, 11) is 1.58. The number of carbonyl (C=O) groups is 1. The average Bonchev–Trinajstić information content (AvgIpc) is 2.98. The molecule has 1 heterocycles. The molecule has 0 radical (unpaired) electrons. The second kappa shape index (κ2) is 9.68. The van der Waals surface area contributed by atoms with E-state index in [-0.39, 0.29) is 23.7 Å². The molecule has 0 saturated carbocycles. The van der Waals surface area contributed by atoms with Crippen LogP contribution in [0.1, 0.15) is 12.2 Å². The van der Waals surface area contributed by atoms with E-state index in [1.165, 1.54) is 23.9 Å². The molecule has 0 unspecified atom stereocenters. The Morgan fingerprint density at radius 1 is 1.46 bits per heavy atom. The molecule has 0 spiro atoms. The van der Waals surface area contributed by atoms with Gasteiger partial charge in [0.25, 0.3) is 5.69 Å². The van der Waals surface area contributed by atoms with E-state index < -0.39 is 4.92 Å². The first-order chi connectivity index (χ1) is 12.6. The van der Waals surface area contributed by atoms with Crippen molar-refractivity contribution in [1.82, 2.24) is 14.8 Å². The minimum atomic E-state index is -0.528. The zero-order valence-corrected chi connectivity index (χ0v) is 15.1. The fourth-order valence-electron chi connectivity index (χ4n) is 2.16. The van der Waals surface area contributed by atoms with Gasteiger partial charge in [-0.3, -0.25) is 14.9 Å². The van der Waals surface area contributed by atoms with Crippen molar-refractivity contribution in [2.24, 2.45) is 0 Å². The number of nitro benzene ring substituents is 1. The molecular weight excluding hydrogens is 358 g/mol. The largest absolute Gasteiger partial charge is 0.377 e. The van der Waals surface area contributed by atoms with Gasteiger partial charge in [-0.05, 0) is 6.07 Å². The van der Waals surface area contributed by atoms with Crippen molar-refractivity contribution in [3.05, 3.63) is 52.9 Å². The van der Waals surface area contributed by atoms with Gasteiger partial charge in [0.1, 0.15) is 12.3 Å². The number of aromatic nitrogens is 3. The summed E-state index contributed by atoms with van der Waals surface area (Å²) in [4.78, 5) is 22.5. The molecule has 2 rings (SSSR count). The van der Waals surface area contributed by atoms with E-state index in [4.69, 9.17) is 4.74 Å². The van der Waals surface area contributed by atoms with E-state index in [1.54, 1.807) is 25.3 Å². The molecule has 0 atom stereocenters. The summed E-state index contributed by atoms with van der Waals surface area (Å²) in [5, 5.41) is 22.4. The molecule has 1 amide bonds.